The number of rotatable bonds is 4. The van der Waals surface area contributed by atoms with E-state index in [-0.39, 0.29) is 12.1 Å². The van der Waals surface area contributed by atoms with Crippen molar-refractivity contribution in [1.82, 2.24) is 9.97 Å². The van der Waals surface area contributed by atoms with Gasteiger partial charge < -0.3 is 9.64 Å². The molecule has 1 atom stereocenters. The van der Waals surface area contributed by atoms with Crippen LogP contribution in [0.5, 0.6) is 5.88 Å². The Morgan fingerprint density at radius 1 is 1.29 bits per heavy atom. The molecule has 2 aromatic heterocycles. The number of alkyl halides is 1. The third-order valence-electron chi connectivity index (χ3n) is 4.92. The number of aromatic nitrogens is 2. The third-order valence-corrected chi connectivity index (χ3v) is 6.16. The fourth-order valence-corrected chi connectivity index (χ4v) is 4.26. The predicted octanol–water partition coefficient (Wildman–Crippen LogP) is 2.26. The molecular formula is C19H15ClF2N4O4S. The summed E-state index contributed by atoms with van der Waals surface area (Å²) in [6.45, 7) is -0.525. The van der Waals surface area contributed by atoms with E-state index in [0.717, 1.165) is 4.90 Å². The summed E-state index contributed by atoms with van der Waals surface area (Å²) in [6, 6.07) is 4.43. The maximum Gasteiger partial charge on any atom is 0.245 e. The zero-order valence-corrected chi connectivity index (χ0v) is 17.5. The van der Waals surface area contributed by atoms with E-state index in [1.165, 1.54) is 13.3 Å². The quantitative estimate of drug-likeness (QED) is 0.587. The molecule has 8 nitrogen and oxygen atoms in total. The molecular weight excluding hydrogens is 454 g/mol. The number of halogens is 3. The molecule has 12 heteroatoms. The van der Waals surface area contributed by atoms with E-state index in [4.69, 9.17) is 21.5 Å². The second-order valence-electron chi connectivity index (χ2n) is 6.86. The molecule has 162 valence electrons. The van der Waals surface area contributed by atoms with Gasteiger partial charge in [0.15, 0.2) is 5.65 Å². The van der Waals surface area contributed by atoms with Crippen LogP contribution in [-0.4, -0.2) is 36.8 Å². The number of anilines is 1. The lowest BCUT2D eigenvalue weighted by Gasteiger charge is -2.33. The van der Waals surface area contributed by atoms with E-state index in [0.29, 0.717) is 34.6 Å². The summed E-state index contributed by atoms with van der Waals surface area (Å²) in [7, 11) is -2.87. The van der Waals surface area contributed by atoms with E-state index in [9.17, 15) is 22.0 Å². The first kappa shape index (κ1) is 21.3. The average molecular weight is 469 g/mol. The number of carbonyl (C=O) groups excluding carboxylic acids is 1. The standard InChI is InChI=1S/C19H15ClF2N4O4S/c1-30-16-3-2-11-17-9(7-24-18(11)25-16)4-13(20)19(27)26(17)8-12-14(21)5-10(6-15(12)22)31(23,28)29/h2-3,5-7,13H,4,8H2,1H3,(H2,23,28,29). The Morgan fingerprint density at radius 2 is 1.97 bits per heavy atom. The second kappa shape index (κ2) is 7.66. The van der Waals surface area contributed by atoms with E-state index in [2.05, 4.69) is 9.97 Å². The van der Waals surface area contributed by atoms with E-state index >= 15 is 0 Å². The molecule has 0 saturated heterocycles. The SMILES string of the molecule is COc1ccc2c3c(cnc2n1)CC(Cl)C(=O)N3Cc1c(F)cc(S(N)(=O)=O)cc1F. The van der Waals surface area contributed by atoms with Crippen LogP contribution in [0.3, 0.4) is 0 Å². The van der Waals surface area contributed by atoms with Crippen LogP contribution in [0.25, 0.3) is 11.0 Å². The van der Waals surface area contributed by atoms with Crippen LogP contribution in [0, 0.1) is 11.6 Å². The molecule has 2 N–H and O–H groups in total. The molecule has 1 aliphatic heterocycles. The smallest absolute Gasteiger partial charge is 0.245 e. The maximum absolute atomic E-state index is 14.6. The van der Waals surface area contributed by atoms with Gasteiger partial charge in [0.1, 0.15) is 17.0 Å². The van der Waals surface area contributed by atoms with Crippen molar-refractivity contribution in [3.63, 3.8) is 0 Å². The summed E-state index contributed by atoms with van der Waals surface area (Å²) >= 11 is 6.18. The minimum Gasteiger partial charge on any atom is -0.481 e. The molecule has 31 heavy (non-hydrogen) atoms. The zero-order chi connectivity index (χ0) is 22.5. The number of sulfonamides is 1. The summed E-state index contributed by atoms with van der Waals surface area (Å²) in [5.41, 5.74) is 0.732. The number of fused-ring (bicyclic) bond motifs is 3. The third kappa shape index (κ3) is 3.80. The average Bonchev–Trinajstić information content (AvgIpc) is 2.71. The lowest BCUT2D eigenvalue weighted by molar-refractivity contribution is -0.118. The number of pyridine rings is 2. The number of carbonyl (C=O) groups is 1. The van der Waals surface area contributed by atoms with Crippen LogP contribution in [0.15, 0.2) is 35.4 Å². The van der Waals surface area contributed by atoms with Crippen molar-refractivity contribution >= 4 is 44.3 Å². The molecule has 0 fully saturated rings. The molecule has 0 spiro atoms. The van der Waals surface area contributed by atoms with Crippen LogP contribution in [0.1, 0.15) is 11.1 Å². The number of hydrogen-bond acceptors (Lipinski definition) is 6. The molecule has 1 amide bonds. The summed E-state index contributed by atoms with van der Waals surface area (Å²) in [5, 5.41) is 4.46. The number of nitrogens with two attached hydrogens (primary N) is 1. The molecule has 0 saturated carbocycles. The molecule has 1 aliphatic rings. The second-order valence-corrected chi connectivity index (χ2v) is 8.95. The van der Waals surface area contributed by atoms with Gasteiger partial charge in [0.05, 0.1) is 24.2 Å². The number of amides is 1. The highest BCUT2D eigenvalue weighted by atomic mass is 35.5. The molecule has 1 unspecified atom stereocenters. The molecule has 4 rings (SSSR count). The van der Waals surface area contributed by atoms with Gasteiger partial charge in [0.2, 0.25) is 21.8 Å². The number of ether oxygens (including phenoxy) is 1. The maximum atomic E-state index is 14.6. The van der Waals surface area contributed by atoms with Gasteiger partial charge in [-0.15, -0.1) is 11.6 Å². The Labute approximate surface area is 180 Å². The summed E-state index contributed by atoms with van der Waals surface area (Å²) in [5.74, 6) is -2.58. The van der Waals surface area contributed by atoms with Gasteiger partial charge in [0.25, 0.3) is 0 Å². The molecule has 0 aliphatic carbocycles. The van der Waals surface area contributed by atoms with Gasteiger partial charge in [-0.3, -0.25) is 4.79 Å². The lowest BCUT2D eigenvalue weighted by atomic mass is 9.99. The van der Waals surface area contributed by atoms with Gasteiger partial charge in [-0.2, -0.15) is 4.98 Å². The van der Waals surface area contributed by atoms with Crippen LogP contribution < -0.4 is 14.8 Å². The Bertz CT molecular complexity index is 1310. The van der Waals surface area contributed by atoms with Crippen LogP contribution in [0.4, 0.5) is 14.5 Å². The molecule has 3 heterocycles. The van der Waals surface area contributed by atoms with Crippen molar-refractivity contribution < 1.29 is 26.7 Å². The van der Waals surface area contributed by atoms with Crippen molar-refractivity contribution in [2.24, 2.45) is 5.14 Å². The molecule has 3 aromatic rings. The Balaban J connectivity index is 1.87. The first-order chi connectivity index (χ1) is 14.6. The number of primary sulfonamides is 1. The first-order valence-corrected chi connectivity index (χ1v) is 10.9. The van der Waals surface area contributed by atoms with Crippen LogP contribution >= 0.6 is 11.6 Å². The van der Waals surface area contributed by atoms with Gasteiger partial charge in [-0.1, -0.05) is 0 Å². The van der Waals surface area contributed by atoms with Crippen LogP contribution in [0.2, 0.25) is 0 Å². The van der Waals surface area contributed by atoms with Gasteiger partial charge in [-0.25, -0.2) is 27.3 Å². The van der Waals surface area contributed by atoms with E-state index in [1.807, 2.05) is 0 Å². The normalized spacial score (nSPS) is 16.5. The number of benzene rings is 1. The highest BCUT2D eigenvalue weighted by molar-refractivity contribution is 7.89. The molecule has 1 aromatic carbocycles. The van der Waals surface area contributed by atoms with E-state index < -0.39 is 49.9 Å². The monoisotopic (exact) mass is 468 g/mol. The number of hydrogen-bond donors (Lipinski definition) is 1. The minimum absolute atomic E-state index is 0.177. The van der Waals surface area contributed by atoms with Gasteiger partial charge in [-0.05, 0) is 23.8 Å². The van der Waals surface area contributed by atoms with Crippen molar-refractivity contribution in [2.45, 2.75) is 23.2 Å². The Hall–Kier alpha value is -2.89. The van der Waals surface area contributed by atoms with Crippen molar-refractivity contribution in [3.05, 3.63) is 53.2 Å². The summed E-state index contributed by atoms with van der Waals surface area (Å²) in [4.78, 5) is 21.8. The minimum atomic E-state index is -4.31. The molecule has 0 bridgehead atoms. The number of methoxy groups -OCH3 is 1. The highest BCUT2D eigenvalue weighted by Gasteiger charge is 2.35. The fraction of sp³-hybridized carbons (Fsp3) is 0.211. The zero-order valence-electron chi connectivity index (χ0n) is 16.0. The van der Waals surface area contributed by atoms with Gasteiger partial charge >= 0.3 is 0 Å². The summed E-state index contributed by atoms with van der Waals surface area (Å²) < 4.78 is 57.2. The Kier molecular flexibility index (Phi) is 5.28. The van der Waals surface area contributed by atoms with E-state index in [1.54, 1.807) is 12.1 Å². The largest absolute Gasteiger partial charge is 0.481 e. The molecule has 0 radical (unpaired) electrons. The summed E-state index contributed by atoms with van der Waals surface area (Å²) in [6.07, 6.45) is 1.67. The topological polar surface area (TPSA) is 115 Å². The first-order valence-electron chi connectivity index (χ1n) is 8.89. The fourth-order valence-electron chi connectivity index (χ4n) is 3.44. The van der Waals surface area contributed by atoms with Crippen LogP contribution in [-0.2, 0) is 27.8 Å². The lowest BCUT2D eigenvalue weighted by Crippen LogP contribution is -2.42. The van der Waals surface area contributed by atoms with Crippen molar-refractivity contribution in [1.29, 1.82) is 0 Å². The predicted molar refractivity (Wildman–Crippen MR) is 108 cm³/mol. The van der Waals surface area contributed by atoms with Crippen molar-refractivity contribution in [3.8, 4) is 5.88 Å². The number of nitrogens with zero attached hydrogens (tertiary/aromatic N) is 3. The highest BCUT2D eigenvalue weighted by Crippen LogP contribution is 2.37. The van der Waals surface area contributed by atoms with Gasteiger partial charge in [0, 0.05) is 29.6 Å². The Morgan fingerprint density at radius 3 is 2.58 bits per heavy atom. The van der Waals surface area contributed by atoms with Crippen molar-refractivity contribution in [2.75, 3.05) is 12.0 Å².